The van der Waals surface area contributed by atoms with Gasteiger partial charge >= 0.3 is 0 Å². The van der Waals surface area contributed by atoms with Crippen LogP contribution in [0.5, 0.6) is 0 Å². The maximum absolute atomic E-state index is 12.6. The van der Waals surface area contributed by atoms with Gasteiger partial charge in [0.25, 0.3) is 5.91 Å². The molecule has 0 aliphatic carbocycles. The summed E-state index contributed by atoms with van der Waals surface area (Å²) in [6.45, 7) is 4.42. The molecule has 0 fully saturated rings. The van der Waals surface area contributed by atoms with E-state index in [2.05, 4.69) is 10.2 Å². The monoisotopic (exact) mass is 300 g/mol. The first-order chi connectivity index (χ1) is 10.1. The number of aryl methyl sites for hydroxylation is 2. The zero-order valence-electron chi connectivity index (χ0n) is 12.2. The molecular weight excluding hydrogens is 284 g/mol. The van der Waals surface area contributed by atoms with Gasteiger partial charge in [-0.3, -0.25) is 9.20 Å². The second-order valence-corrected chi connectivity index (χ2v) is 6.01. The fourth-order valence-electron chi connectivity index (χ4n) is 2.36. The van der Waals surface area contributed by atoms with E-state index in [0.717, 1.165) is 26.9 Å². The van der Waals surface area contributed by atoms with Crippen LogP contribution in [0.1, 0.15) is 26.8 Å². The quantitative estimate of drug-likeness (QED) is 0.747. The average molecular weight is 300 g/mol. The Bertz CT molecular complexity index is 791. The van der Waals surface area contributed by atoms with Crippen molar-refractivity contribution in [3.05, 3.63) is 52.3 Å². The zero-order chi connectivity index (χ0) is 15.0. The lowest BCUT2D eigenvalue weighted by Gasteiger charge is -2.16. The second kappa shape index (κ2) is 5.29. The lowest BCUT2D eigenvalue weighted by molar-refractivity contribution is 0.0789. The van der Waals surface area contributed by atoms with E-state index in [4.69, 9.17) is 0 Å². The predicted molar refractivity (Wildman–Crippen MR) is 82.6 cm³/mol. The van der Waals surface area contributed by atoms with E-state index in [9.17, 15) is 4.79 Å². The van der Waals surface area contributed by atoms with Gasteiger partial charge < -0.3 is 4.90 Å². The highest BCUT2D eigenvalue weighted by atomic mass is 32.1. The Morgan fingerprint density at radius 1 is 1.24 bits per heavy atom. The molecule has 21 heavy (non-hydrogen) atoms. The topological polar surface area (TPSA) is 50.5 Å². The number of hydrogen-bond donors (Lipinski definition) is 0. The van der Waals surface area contributed by atoms with Crippen LogP contribution in [-0.2, 0) is 6.54 Å². The molecule has 0 saturated carbocycles. The normalized spacial score (nSPS) is 11.0. The number of hydrogen-bond acceptors (Lipinski definition) is 4. The van der Waals surface area contributed by atoms with Gasteiger partial charge in [0.1, 0.15) is 10.7 Å². The number of thiazole rings is 1. The molecule has 0 saturated heterocycles. The Balaban J connectivity index is 1.88. The van der Waals surface area contributed by atoms with E-state index in [-0.39, 0.29) is 5.91 Å². The molecule has 0 unspecified atom stereocenters. The molecule has 0 spiro atoms. The largest absolute Gasteiger partial charge is 0.337 e. The van der Waals surface area contributed by atoms with Gasteiger partial charge in [0.2, 0.25) is 4.96 Å². The molecule has 1 amide bonds. The summed E-state index contributed by atoms with van der Waals surface area (Å²) >= 11 is 1.39. The van der Waals surface area contributed by atoms with Crippen LogP contribution >= 0.6 is 11.3 Å². The first-order valence-corrected chi connectivity index (χ1v) is 7.50. The van der Waals surface area contributed by atoms with Crippen molar-refractivity contribution in [2.75, 3.05) is 7.05 Å². The van der Waals surface area contributed by atoms with Gasteiger partial charge in [-0.2, -0.15) is 0 Å². The standard InChI is InChI=1S/C15H16N4OS/c1-10-13(21-15-17-16-11(2)19(10)15)14(20)18(3)9-12-7-5-4-6-8-12/h4-8H,9H2,1-3H3. The Hall–Kier alpha value is -2.21. The Morgan fingerprint density at radius 3 is 2.62 bits per heavy atom. The smallest absolute Gasteiger partial charge is 0.265 e. The zero-order valence-corrected chi connectivity index (χ0v) is 13.0. The molecule has 0 N–H and O–H groups in total. The number of fused-ring (bicyclic) bond motifs is 1. The minimum atomic E-state index is 0.0197. The van der Waals surface area contributed by atoms with E-state index in [1.54, 1.807) is 4.90 Å². The molecule has 6 heteroatoms. The summed E-state index contributed by atoms with van der Waals surface area (Å²) in [5.41, 5.74) is 2.02. The van der Waals surface area contributed by atoms with Crippen molar-refractivity contribution in [1.82, 2.24) is 19.5 Å². The van der Waals surface area contributed by atoms with E-state index < -0.39 is 0 Å². The number of carbonyl (C=O) groups is 1. The Labute approximate surface area is 126 Å². The van der Waals surface area contributed by atoms with Gasteiger partial charge in [-0.15, -0.1) is 10.2 Å². The summed E-state index contributed by atoms with van der Waals surface area (Å²) in [7, 11) is 1.82. The third-order valence-corrected chi connectivity index (χ3v) is 4.58. The van der Waals surface area contributed by atoms with Crippen LogP contribution in [0.3, 0.4) is 0 Å². The summed E-state index contributed by atoms with van der Waals surface area (Å²) in [4.78, 5) is 15.8. The Kier molecular flexibility index (Phi) is 3.47. The number of amides is 1. The molecule has 0 atom stereocenters. The summed E-state index contributed by atoms with van der Waals surface area (Å²) in [6, 6.07) is 9.97. The number of carbonyl (C=O) groups excluding carboxylic acids is 1. The summed E-state index contributed by atoms with van der Waals surface area (Å²) in [5, 5.41) is 8.11. The first kappa shape index (κ1) is 13.8. The predicted octanol–water partition coefficient (Wildman–Crippen LogP) is 2.68. The summed E-state index contributed by atoms with van der Waals surface area (Å²) in [6.07, 6.45) is 0. The van der Waals surface area contributed by atoms with E-state index in [0.29, 0.717) is 6.54 Å². The van der Waals surface area contributed by atoms with Crippen LogP contribution in [0.4, 0.5) is 0 Å². The van der Waals surface area contributed by atoms with E-state index in [1.165, 1.54) is 11.3 Å². The minimum Gasteiger partial charge on any atom is -0.337 e. The number of rotatable bonds is 3. The molecule has 0 aliphatic heterocycles. The fraction of sp³-hybridized carbons (Fsp3) is 0.267. The highest BCUT2D eigenvalue weighted by Crippen LogP contribution is 2.24. The van der Waals surface area contributed by atoms with Crippen molar-refractivity contribution in [2.24, 2.45) is 0 Å². The van der Waals surface area contributed by atoms with Crippen molar-refractivity contribution in [1.29, 1.82) is 0 Å². The maximum Gasteiger partial charge on any atom is 0.265 e. The van der Waals surface area contributed by atoms with Crippen molar-refractivity contribution >= 4 is 22.2 Å². The maximum atomic E-state index is 12.6. The number of benzene rings is 1. The molecule has 2 aromatic heterocycles. The van der Waals surface area contributed by atoms with Crippen LogP contribution < -0.4 is 0 Å². The van der Waals surface area contributed by atoms with Gasteiger partial charge in [0.05, 0.1) is 0 Å². The van der Waals surface area contributed by atoms with Crippen LogP contribution in [0.2, 0.25) is 0 Å². The summed E-state index contributed by atoms with van der Waals surface area (Å²) in [5.74, 6) is 0.828. The van der Waals surface area contributed by atoms with E-state index >= 15 is 0 Å². The van der Waals surface area contributed by atoms with Crippen LogP contribution in [-0.4, -0.2) is 32.5 Å². The average Bonchev–Trinajstić information content (AvgIpc) is 3.00. The van der Waals surface area contributed by atoms with E-state index in [1.807, 2.05) is 55.6 Å². The minimum absolute atomic E-state index is 0.0197. The third kappa shape index (κ3) is 2.42. The number of aromatic nitrogens is 3. The fourth-order valence-corrected chi connectivity index (χ4v) is 3.47. The van der Waals surface area contributed by atoms with Gasteiger partial charge in [0, 0.05) is 19.3 Å². The SMILES string of the molecule is Cc1nnc2sc(C(=O)N(C)Cc3ccccc3)c(C)n12. The molecule has 0 aliphatic rings. The molecule has 0 radical (unpaired) electrons. The third-order valence-electron chi connectivity index (χ3n) is 3.46. The molecule has 0 bridgehead atoms. The van der Waals surface area contributed by atoms with Gasteiger partial charge in [-0.1, -0.05) is 41.7 Å². The van der Waals surface area contributed by atoms with Crippen molar-refractivity contribution in [3.63, 3.8) is 0 Å². The van der Waals surface area contributed by atoms with Crippen molar-refractivity contribution in [2.45, 2.75) is 20.4 Å². The highest BCUT2D eigenvalue weighted by Gasteiger charge is 2.21. The van der Waals surface area contributed by atoms with Gasteiger partial charge in [-0.05, 0) is 19.4 Å². The Morgan fingerprint density at radius 2 is 1.95 bits per heavy atom. The molecule has 108 valence electrons. The first-order valence-electron chi connectivity index (χ1n) is 6.68. The second-order valence-electron chi connectivity index (χ2n) is 5.03. The van der Waals surface area contributed by atoms with Crippen LogP contribution in [0, 0.1) is 13.8 Å². The molecule has 3 aromatic rings. The molecule has 3 rings (SSSR count). The molecule has 2 heterocycles. The lowest BCUT2D eigenvalue weighted by Crippen LogP contribution is -2.26. The van der Waals surface area contributed by atoms with Crippen LogP contribution in [0.15, 0.2) is 30.3 Å². The molecule has 5 nitrogen and oxygen atoms in total. The molecular formula is C15H16N4OS. The van der Waals surface area contributed by atoms with Crippen molar-refractivity contribution in [3.8, 4) is 0 Å². The molecule has 1 aromatic carbocycles. The highest BCUT2D eigenvalue weighted by molar-refractivity contribution is 7.19. The number of nitrogens with zero attached hydrogens (tertiary/aromatic N) is 4. The van der Waals surface area contributed by atoms with Gasteiger partial charge in [-0.25, -0.2) is 0 Å². The lowest BCUT2D eigenvalue weighted by atomic mass is 10.2. The van der Waals surface area contributed by atoms with Crippen molar-refractivity contribution < 1.29 is 4.79 Å². The van der Waals surface area contributed by atoms with Crippen LogP contribution in [0.25, 0.3) is 4.96 Å². The van der Waals surface area contributed by atoms with Gasteiger partial charge in [0.15, 0.2) is 0 Å². The summed E-state index contributed by atoms with van der Waals surface area (Å²) < 4.78 is 1.92.